The first kappa shape index (κ1) is 16.3. The highest BCUT2D eigenvalue weighted by molar-refractivity contribution is 9.10. The molecule has 1 amide bonds. The molecule has 1 aromatic carbocycles. The van der Waals surface area contributed by atoms with Crippen molar-refractivity contribution in [3.05, 3.63) is 28.2 Å². The maximum atomic E-state index is 12.0. The van der Waals surface area contributed by atoms with Gasteiger partial charge in [0, 0.05) is 16.1 Å². The normalized spacial score (nSPS) is 21.9. The molecule has 0 aromatic heterocycles. The lowest BCUT2D eigenvalue weighted by Gasteiger charge is -2.29. The summed E-state index contributed by atoms with van der Waals surface area (Å²) in [4.78, 5) is 12.0. The Bertz CT molecular complexity index is 492. The molecule has 0 radical (unpaired) electrons. The summed E-state index contributed by atoms with van der Waals surface area (Å²) >= 11 is 3.34. The van der Waals surface area contributed by atoms with E-state index in [-0.39, 0.29) is 25.2 Å². The smallest absolute Gasteiger partial charge is 0.258 e. The molecule has 1 fully saturated rings. The summed E-state index contributed by atoms with van der Waals surface area (Å²) in [6, 6.07) is 5.63. The molecule has 0 heterocycles. The topological polar surface area (TPSA) is 58.6 Å². The molecule has 1 aromatic rings. The van der Waals surface area contributed by atoms with Gasteiger partial charge in [-0.2, -0.15) is 0 Å². The second-order valence-electron chi connectivity index (χ2n) is 5.63. The molecule has 0 aliphatic heterocycles. The van der Waals surface area contributed by atoms with Crippen LogP contribution in [0.15, 0.2) is 22.7 Å². The van der Waals surface area contributed by atoms with E-state index >= 15 is 0 Å². The van der Waals surface area contributed by atoms with E-state index < -0.39 is 0 Å². The number of carbonyl (C=O) groups excluding carboxylic acids is 1. The van der Waals surface area contributed by atoms with Crippen LogP contribution >= 0.6 is 15.9 Å². The van der Waals surface area contributed by atoms with Gasteiger partial charge in [-0.3, -0.25) is 4.79 Å². The van der Waals surface area contributed by atoms with Crippen molar-refractivity contribution in [3.63, 3.8) is 0 Å². The molecule has 4 nitrogen and oxygen atoms in total. The predicted octanol–water partition coefficient (Wildman–Crippen LogP) is 3.02. The van der Waals surface area contributed by atoms with E-state index in [4.69, 9.17) is 4.74 Å². The number of halogens is 1. The molecule has 2 N–H and O–H groups in total. The molecule has 5 heteroatoms. The second-order valence-corrected chi connectivity index (χ2v) is 6.55. The van der Waals surface area contributed by atoms with Crippen LogP contribution in [-0.4, -0.2) is 23.7 Å². The van der Waals surface area contributed by atoms with Crippen LogP contribution in [0.1, 0.15) is 38.2 Å². The molecule has 1 aliphatic rings. The average Bonchev–Trinajstić information content (AvgIpc) is 2.48. The van der Waals surface area contributed by atoms with Gasteiger partial charge in [0.25, 0.3) is 5.91 Å². The lowest BCUT2D eigenvalue weighted by molar-refractivity contribution is -0.124. The van der Waals surface area contributed by atoms with Gasteiger partial charge in [-0.25, -0.2) is 0 Å². The molecule has 2 atom stereocenters. The summed E-state index contributed by atoms with van der Waals surface area (Å²) in [7, 11) is 0. The monoisotopic (exact) mass is 355 g/mol. The fourth-order valence-corrected chi connectivity index (χ4v) is 3.14. The molecular weight excluding hydrogens is 334 g/mol. The Morgan fingerprint density at radius 1 is 1.43 bits per heavy atom. The quantitative estimate of drug-likeness (QED) is 0.853. The van der Waals surface area contributed by atoms with Gasteiger partial charge < -0.3 is 15.2 Å². The summed E-state index contributed by atoms with van der Waals surface area (Å²) in [6.45, 7) is 2.05. The van der Waals surface area contributed by atoms with Gasteiger partial charge >= 0.3 is 0 Å². The minimum absolute atomic E-state index is 0.0160. The molecule has 116 valence electrons. The zero-order chi connectivity index (χ0) is 15.2. The van der Waals surface area contributed by atoms with E-state index in [1.54, 1.807) is 12.1 Å². The summed E-state index contributed by atoms with van der Waals surface area (Å²) in [5.41, 5.74) is 0.670. The number of hydrogen-bond donors (Lipinski definition) is 2. The maximum absolute atomic E-state index is 12.0. The fourth-order valence-electron chi connectivity index (χ4n) is 2.73. The van der Waals surface area contributed by atoms with E-state index in [2.05, 4.69) is 28.2 Å². The van der Waals surface area contributed by atoms with Crippen LogP contribution in [0.4, 0.5) is 0 Å². The van der Waals surface area contributed by atoms with Crippen LogP contribution in [0.3, 0.4) is 0 Å². The van der Waals surface area contributed by atoms with Crippen molar-refractivity contribution in [1.82, 2.24) is 5.32 Å². The Hall–Kier alpha value is -1.07. The molecule has 0 saturated heterocycles. The maximum Gasteiger partial charge on any atom is 0.258 e. The molecule has 2 unspecified atom stereocenters. The summed E-state index contributed by atoms with van der Waals surface area (Å²) in [6.07, 6.45) is 4.65. The SMILES string of the molecule is CC1CCCCC1NC(=O)COc1ccc(Br)cc1CO. The third kappa shape index (κ3) is 4.71. The van der Waals surface area contributed by atoms with Crippen molar-refractivity contribution in [2.75, 3.05) is 6.61 Å². The molecule has 0 spiro atoms. The van der Waals surface area contributed by atoms with Gasteiger partial charge in [0.05, 0.1) is 6.61 Å². The van der Waals surface area contributed by atoms with E-state index in [1.165, 1.54) is 19.3 Å². The first-order valence-corrected chi connectivity index (χ1v) is 8.21. The summed E-state index contributed by atoms with van der Waals surface area (Å²) in [5, 5.41) is 12.4. The largest absolute Gasteiger partial charge is 0.483 e. The first-order valence-electron chi connectivity index (χ1n) is 7.41. The van der Waals surface area contributed by atoms with Gasteiger partial charge in [0.1, 0.15) is 5.75 Å². The number of nitrogens with one attached hydrogen (secondary N) is 1. The summed E-state index contributed by atoms with van der Waals surface area (Å²) < 4.78 is 6.40. The molecule has 2 rings (SSSR count). The van der Waals surface area contributed by atoms with Crippen molar-refractivity contribution in [2.24, 2.45) is 5.92 Å². The number of amides is 1. The number of aliphatic hydroxyl groups is 1. The molecule has 21 heavy (non-hydrogen) atoms. The van der Waals surface area contributed by atoms with Crippen molar-refractivity contribution in [2.45, 2.75) is 45.3 Å². The standard InChI is InChI=1S/C16H22BrNO3/c1-11-4-2-3-5-14(11)18-16(20)10-21-15-7-6-13(17)8-12(15)9-19/h6-8,11,14,19H,2-5,9-10H2,1H3,(H,18,20). The molecule has 1 aliphatic carbocycles. The summed E-state index contributed by atoms with van der Waals surface area (Å²) in [5.74, 6) is 0.983. The van der Waals surface area contributed by atoms with Crippen LogP contribution in [0.25, 0.3) is 0 Å². The van der Waals surface area contributed by atoms with Crippen molar-refractivity contribution >= 4 is 21.8 Å². The van der Waals surface area contributed by atoms with E-state index in [0.717, 1.165) is 10.9 Å². The molecule has 0 bridgehead atoms. The number of aliphatic hydroxyl groups excluding tert-OH is 1. The first-order chi connectivity index (χ1) is 10.1. The van der Waals surface area contributed by atoms with Gasteiger partial charge in [0.2, 0.25) is 0 Å². The van der Waals surface area contributed by atoms with Crippen molar-refractivity contribution < 1.29 is 14.6 Å². The van der Waals surface area contributed by atoms with Crippen molar-refractivity contribution in [3.8, 4) is 5.75 Å². The van der Waals surface area contributed by atoms with Crippen LogP contribution in [-0.2, 0) is 11.4 Å². The number of carbonyl (C=O) groups is 1. The number of hydrogen-bond acceptors (Lipinski definition) is 3. The Morgan fingerprint density at radius 2 is 2.19 bits per heavy atom. The minimum Gasteiger partial charge on any atom is -0.483 e. The highest BCUT2D eigenvalue weighted by atomic mass is 79.9. The number of rotatable bonds is 5. The van der Waals surface area contributed by atoms with Crippen LogP contribution in [0.2, 0.25) is 0 Å². The highest BCUT2D eigenvalue weighted by Gasteiger charge is 2.22. The molecular formula is C16H22BrNO3. The minimum atomic E-state index is -0.115. The third-order valence-electron chi connectivity index (χ3n) is 4.01. The van der Waals surface area contributed by atoms with Gasteiger partial charge in [-0.15, -0.1) is 0 Å². The zero-order valence-electron chi connectivity index (χ0n) is 12.3. The van der Waals surface area contributed by atoms with E-state index in [0.29, 0.717) is 17.2 Å². The van der Waals surface area contributed by atoms with Crippen LogP contribution < -0.4 is 10.1 Å². The van der Waals surface area contributed by atoms with Crippen LogP contribution in [0, 0.1) is 5.92 Å². The number of benzene rings is 1. The Labute approximate surface area is 134 Å². The fraction of sp³-hybridized carbons (Fsp3) is 0.562. The van der Waals surface area contributed by atoms with Crippen LogP contribution in [0.5, 0.6) is 5.75 Å². The van der Waals surface area contributed by atoms with E-state index in [9.17, 15) is 9.90 Å². The van der Waals surface area contributed by atoms with Crippen molar-refractivity contribution in [1.29, 1.82) is 0 Å². The zero-order valence-corrected chi connectivity index (χ0v) is 13.9. The Morgan fingerprint density at radius 3 is 2.90 bits per heavy atom. The lowest BCUT2D eigenvalue weighted by Crippen LogP contribution is -2.43. The van der Waals surface area contributed by atoms with Gasteiger partial charge in [0.15, 0.2) is 6.61 Å². The van der Waals surface area contributed by atoms with E-state index in [1.807, 2.05) is 6.07 Å². The Balaban J connectivity index is 1.86. The average molecular weight is 356 g/mol. The predicted molar refractivity (Wildman–Crippen MR) is 85.1 cm³/mol. The number of ether oxygens (including phenoxy) is 1. The highest BCUT2D eigenvalue weighted by Crippen LogP contribution is 2.24. The molecule has 1 saturated carbocycles. The second kappa shape index (κ2) is 7.80. The lowest BCUT2D eigenvalue weighted by atomic mass is 9.86. The third-order valence-corrected chi connectivity index (χ3v) is 4.50. The van der Waals surface area contributed by atoms with Gasteiger partial charge in [-0.1, -0.05) is 35.7 Å². The Kier molecular flexibility index (Phi) is 6.06. The van der Waals surface area contributed by atoms with Gasteiger partial charge in [-0.05, 0) is 37.0 Å².